The zero-order valence-corrected chi connectivity index (χ0v) is 12.6. The van der Waals surface area contributed by atoms with Gasteiger partial charge in [0.05, 0.1) is 17.0 Å². The first kappa shape index (κ1) is 16.9. The maximum atomic E-state index is 11.9. The van der Waals surface area contributed by atoms with Gasteiger partial charge in [0.15, 0.2) is 0 Å². The van der Waals surface area contributed by atoms with Gasteiger partial charge in [-0.05, 0) is 30.7 Å². The number of carbonyl (C=O) groups is 2. The molecule has 0 saturated heterocycles. The summed E-state index contributed by atoms with van der Waals surface area (Å²) in [5.41, 5.74) is 1.05. The molecule has 1 aromatic carbocycles. The average molecular weight is 330 g/mol. The van der Waals surface area contributed by atoms with Crippen LogP contribution in [0.2, 0.25) is 0 Å². The van der Waals surface area contributed by atoms with Crippen LogP contribution in [-0.4, -0.2) is 33.4 Å². The Labute approximate surface area is 136 Å². The van der Waals surface area contributed by atoms with Crippen molar-refractivity contribution in [2.75, 3.05) is 17.2 Å². The number of pyridine rings is 1. The molecular weight excluding hydrogens is 316 g/mol. The third-order valence-corrected chi connectivity index (χ3v) is 3.15. The molecule has 0 aliphatic carbocycles. The number of aromatic nitrogens is 1. The fourth-order valence-corrected chi connectivity index (χ4v) is 1.85. The highest BCUT2D eigenvalue weighted by Gasteiger charge is 2.10. The van der Waals surface area contributed by atoms with Gasteiger partial charge in [0.25, 0.3) is 5.69 Å². The average Bonchev–Trinajstić information content (AvgIpc) is 2.55. The Bertz CT molecular complexity index is 789. The molecule has 2 aromatic rings. The number of anilines is 2. The molecule has 124 valence electrons. The summed E-state index contributed by atoms with van der Waals surface area (Å²) in [5, 5.41) is 24.8. The largest absolute Gasteiger partial charge is 0.478 e. The molecule has 0 radical (unpaired) electrons. The van der Waals surface area contributed by atoms with Gasteiger partial charge >= 0.3 is 5.97 Å². The van der Waals surface area contributed by atoms with Crippen LogP contribution in [0.5, 0.6) is 0 Å². The number of carboxylic acid groups (broad SMARTS) is 1. The minimum absolute atomic E-state index is 0.0703. The van der Waals surface area contributed by atoms with E-state index in [0.29, 0.717) is 11.5 Å². The van der Waals surface area contributed by atoms with Crippen LogP contribution in [0.15, 0.2) is 36.5 Å². The second-order valence-electron chi connectivity index (χ2n) is 4.90. The zero-order chi connectivity index (χ0) is 17.7. The minimum atomic E-state index is -1.08. The predicted octanol–water partition coefficient (Wildman–Crippen LogP) is 2.05. The number of nitrogens with one attached hydrogen (secondary N) is 2. The molecule has 9 heteroatoms. The number of amides is 1. The van der Waals surface area contributed by atoms with Crippen molar-refractivity contribution in [3.63, 3.8) is 0 Å². The van der Waals surface area contributed by atoms with E-state index in [-0.39, 0.29) is 17.8 Å². The van der Waals surface area contributed by atoms with Crippen LogP contribution < -0.4 is 10.6 Å². The molecule has 9 nitrogen and oxygen atoms in total. The van der Waals surface area contributed by atoms with Gasteiger partial charge in [-0.2, -0.15) is 0 Å². The van der Waals surface area contributed by atoms with Gasteiger partial charge in [-0.3, -0.25) is 14.9 Å². The number of nitrogens with zero attached hydrogens (tertiary/aromatic N) is 2. The fraction of sp³-hybridized carbons (Fsp3) is 0.133. The lowest BCUT2D eigenvalue weighted by Gasteiger charge is -2.10. The second-order valence-corrected chi connectivity index (χ2v) is 4.90. The van der Waals surface area contributed by atoms with Crippen LogP contribution in [0, 0.1) is 17.0 Å². The summed E-state index contributed by atoms with van der Waals surface area (Å²) >= 11 is 0. The maximum Gasteiger partial charge on any atom is 0.335 e. The third kappa shape index (κ3) is 4.26. The summed E-state index contributed by atoms with van der Waals surface area (Å²) in [6, 6.07) is 7.09. The van der Waals surface area contributed by atoms with E-state index in [2.05, 4.69) is 15.6 Å². The molecule has 2 rings (SSSR count). The van der Waals surface area contributed by atoms with E-state index in [0.717, 1.165) is 11.8 Å². The molecule has 0 fully saturated rings. The zero-order valence-electron chi connectivity index (χ0n) is 12.6. The van der Waals surface area contributed by atoms with E-state index in [9.17, 15) is 19.7 Å². The van der Waals surface area contributed by atoms with E-state index in [4.69, 9.17) is 5.11 Å². The van der Waals surface area contributed by atoms with Gasteiger partial charge in [0, 0.05) is 11.8 Å². The number of aromatic carboxylic acids is 1. The summed E-state index contributed by atoms with van der Waals surface area (Å²) in [4.78, 5) is 36.7. The van der Waals surface area contributed by atoms with Crippen LogP contribution in [-0.2, 0) is 4.79 Å². The Morgan fingerprint density at radius 3 is 2.62 bits per heavy atom. The van der Waals surface area contributed by atoms with E-state index >= 15 is 0 Å². The van der Waals surface area contributed by atoms with Crippen LogP contribution in [0.4, 0.5) is 17.2 Å². The number of aryl methyl sites for hydroxylation is 1. The number of carboxylic acids is 1. The molecule has 0 atom stereocenters. The molecule has 1 aromatic heterocycles. The van der Waals surface area contributed by atoms with Crippen molar-refractivity contribution in [2.45, 2.75) is 6.92 Å². The third-order valence-electron chi connectivity index (χ3n) is 3.15. The predicted molar refractivity (Wildman–Crippen MR) is 86.1 cm³/mol. The summed E-state index contributed by atoms with van der Waals surface area (Å²) in [7, 11) is 0. The Morgan fingerprint density at radius 1 is 1.29 bits per heavy atom. The van der Waals surface area contributed by atoms with Crippen molar-refractivity contribution in [2.24, 2.45) is 0 Å². The van der Waals surface area contributed by atoms with Crippen molar-refractivity contribution in [1.82, 2.24) is 4.98 Å². The van der Waals surface area contributed by atoms with Gasteiger partial charge in [0.1, 0.15) is 12.0 Å². The molecule has 1 heterocycles. The molecule has 24 heavy (non-hydrogen) atoms. The first-order valence-electron chi connectivity index (χ1n) is 6.85. The standard InChI is InChI=1S/C15H14N4O5/c1-9-2-3-10(15(21)22)6-12(9)18-14(20)8-17-13-5-4-11(7-16-13)19(23)24/h2-7H,8H2,1H3,(H,16,17)(H,18,20)(H,21,22). The number of hydrogen-bond donors (Lipinski definition) is 3. The normalized spacial score (nSPS) is 10.0. The molecule has 0 bridgehead atoms. The number of rotatable bonds is 6. The van der Waals surface area contributed by atoms with Crippen LogP contribution in [0.1, 0.15) is 15.9 Å². The molecule has 0 saturated carbocycles. The van der Waals surface area contributed by atoms with E-state index in [1.165, 1.54) is 24.3 Å². The van der Waals surface area contributed by atoms with Gasteiger partial charge in [-0.15, -0.1) is 0 Å². The van der Waals surface area contributed by atoms with E-state index in [1.807, 2.05) is 0 Å². The highest BCUT2D eigenvalue weighted by atomic mass is 16.6. The Hall–Kier alpha value is -3.49. The summed E-state index contributed by atoms with van der Waals surface area (Å²) in [5.74, 6) is -1.17. The van der Waals surface area contributed by atoms with Crippen molar-refractivity contribution in [3.8, 4) is 0 Å². The molecule has 0 unspecified atom stereocenters. The summed E-state index contributed by atoms with van der Waals surface area (Å²) in [6.07, 6.45) is 1.08. The van der Waals surface area contributed by atoms with Gasteiger partial charge in [0.2, 0.25) is 5.91 Å². The maximum absolute atomic E-state index is 11.9. The second kappa shape index (κ2) is 7.18. The number of carbonyl (C=O) groups excluding carboxylic acids is 1. The van der Waals surface area contributed by atoms with Gasteiger partial charge in [-0.1, -0.05) is 6.07 Å². The van der Waals surface area contributed by atoms with Crippen molar-refractivity contribution in [1.29, 1.82) is 0 Å². The Morgan fingerprint density at radius 2 is 2.04 bits per heavy atom. The molecular formula is C15H14N4O5. The topological polar surface area (TPSA) is 134 Å². The van der Waals surface area contributed by atoms with Crippen molar-refractivity contribution in [3.05, 3.63) is 57.8 Å². The molecule has 0 spiro atoms. The molecule has 1 amide bonds. The van der Waals surface area contributed by atoms with Crippen LogP contribution in [0.3, 0.4) is 0 Å². The molecule has 3 N–H and O–H groups in total. The van der Waals surface area contributed by atoms with Gasteiger partial charge < -0.3 is 15.7 Å². The first-order chi connectivity index (χ1) is 11.4. The Kier molecular flexibility index (Phi) is 5.05. The number of nitro groups is 1. The SMILES string of the molecule is Cc1ccc(C(=O)O)cc1NC(=O)CNc1ccc([N+](=O)[O-])cn1. The molecule has 0 aliphatic rings. The van der Waals surface area contributed by atoms with Gasteiger partial charge in [-0.25, -0.2) is 9.78 Å². The summed E-state index contributed by atoms with van der Waals surface area (Å²) < 4.78 is 0. The van der Waals surface area contributed by atoms with Crippen molar-refractivity contribution < 1.29 is 19.6 Å². The monoisotopic (exact) mass is 330 g/mol. The first-order valence-corrected chi connectivity index (χ1v) is 6.85. The Balaban J connectivity index is 1.97. The fourth-order valence-electron chi connectivity index (χ4n) is 1.85. The lowest BCUT2D eigenvalue weighted by atomic mass is 10.1. The number of benzene rings is 1. The smallest absolute Gasteiger partial charge is 0.335 e. The lowest BCUT2D eigenvalue weighted by Crippen LogP contribution is -2.22. The van der Waals surface area contributed by atoms with Crippen LogP contribution >= 0.6 is 0 Å². The quantitative estimate of drug-likeness (QED) is 0.545. The summed E-state index contributed by atoms with van der Waals surface area (Å²) in [6.45, 7) is 1.62. The lowest BCUT2D eigenvalue weighted by molar-refractivity contribution is -0.385. The van der Waals surface area contributed by atoms with Crippen LogP contribution in [0.25, 0.3) is 0 Å². The van der Waals surface area contributed by atoms with Crippen molar-refractivity contribution >= 4 is 29.1 Å². The molecule has 0 aliphatic heterocycles. The number of hydrogen-bond acceptors (Lipinski definition) is 6. The highest BCUT2D eigenvalue weighted by molar-refractivity contribution is 5.96. The minimum Gasteiger partial charge on any atom is -0.478 e. The van der Waals surface area contributed by atoms with E-state index < -0.39 is 16.8 Å². The highest BCUT2D eigenvalue weighted by Crippen LogP contribution is 2.17. The van der Waals surface area contributed by atoms with E-state index in [1.54, 1.807) is 13.0 Å².